The predicted octanol–water partition coefficient (Wildman–Crippen LogP) is 3.19. The summed E-state index contributed by atoms with van der Waals surface area (Å²) in [4.78, 5) is 31.1. The quantitative estimate of drug-likeness (QED) is 0.779. The first-order valence-corrected chi connectivity index (χ1v) is 9.08. The van der Waals surface area contributed by atoms with Crippen LogP contribution in [0.5, 0.6) is 0 Å². The molecule has 1 atom stereocenters. The second-order valence-electron chi connectivity index (χ2n) is 7.93. The van der Waals surface area contributed by atoms with E-state index in [4.69, 9.17) is 4.42 Å². The van der Waals surface area contributed by atoms with Gasteiger partial charge in [0.1, 0.15) is 17.8 Å². The van der Waals surface area contributed by atoms with E-state index in [1.807, 2.05) is 0 Å². The van der Waals surface area contributed by atoms with E-state index >= 15 is 0 Å². The van der Waals surface area contributed by atoms with Gasteiger partial charge in [-0.2, -0.15) is 0 Å². The molecule has 2 aliphatic carbocycles. The van der Waals surface area contributed by atoms with Gasteiger partial charge in [0.15, 0.2) is 0 Å². The van der Waals surface area contributed by atoms with Gasteiger partial charge >= 0.3 is 6.03 Å². The van der Waals surface area contributed by atoms with Crippen molar-refractivity contribution in [3.05, 3.63) is 17.8 Å². The molecule has 1 aliphatic heterocycles. The summed E-state index contributed by atoms with van der Waals surface area (Å²) in [7, 11) is 0. The molecule has 0 spiro atoms. The van der Waals surface area contributed by atoms with Crippen LogP contribution in [-0.2, 0) is 11.3 Å². The van der Waals surface area contributed by atoms with Gasteiger partial charge < -0.3 is 9.73 Å². The highest BCUT2D eigenvalue weighted by molar-refractivity contribution is 6.07. The van der Waals surface area contributed by atoms with Crippen molar-refractivity contribution in [3.63, 3.8) is 0 Å². The maximum absolute atomic E-state index is 13.1. The molecule has 6 heteroatoms. The van der Waals surface area contributed by atoms with Gasteiger partial charge in [0.25, 0.3) is 5.91 Å². The molecule has 1 aromatic heterocycles. The Balaban J connectivity index is 1.50. The standard InChI is InChI=1S/C18H25N3O3/c1-11(2)7-8-18(13-5-6-13)16(22)21(17(23)20-18)10-15-19-9-14(24-15)12-3-4-12/h9,11-13H,3-8,10H2,1-2H3,(H,20,23)/t18-/m0/s1. The molecule has 3 aliphatic rings. The average Bonchev–Trinajstić information content (AvgIpc) is 3.46. The lowest BCUT2D eigenvalue weighted by Crippen LogP contribution is -2.49. The molecular formula is C18H25N3O3. The Hall–Kier alpha value is -1.85. The smallest absolute Gasteiger partial charge is 0.325 e. The summed E-state index contributed by atoms with van der Waals surface area (Å²) in [6.45, 7) is 4.42. The van der Waals surface area contributed by atoms with Gasteiger partial charge in [-0.3, -0.25) is 9.69 Å². The molecule has 0 unspecified atom stereocenters. The molecule has 1 saturated heterocycles. The van der Waals surface area contributed by atoms with Gasteiger partial charge in [-0.15, -0.1) is 0 Å². The number of carbonyl (C=O) groups excluding carboxylic acids is 2. The third-order valence-corrected chi connectivity index (χ3v) is 5.44. The molecule has 2 saturated carbocycles. The molecule has 4 rings (SSSR count). The van der Waals surface area contributed by atoms with Crippen LogP contribution in [0.3, 0.4) is 0 Å². The minimum atomic E-state index is -0.701. The fourth-order valence-electron chi connectivity index (χ4n) is 3.62. The maximum Gasteiger partial charge on any atom is 0.325 e. The highest BCUT2D eigenvalue weighted by atomic mass is 16.4. The monoisotopic (exact) mass is 331 g/mol. The molecule has 130 valence electrons. The van der Waals surface area contributed by atoms with Gasteiger partial charge in [0.05, 0.1) is 6.20 Å². The lowest BCUT2D eigenvalue weighted by Gasteiger charge is -2.27. The van der Waals surface area contributed by atoms with Crippen LogP contribution in [0, 0.1) is 11.8 Å². The summed E-state index contributed by atoms with van der Waals surface area (Å²) < 4.78 is 5.72. The van der Waals surface area contributed by atoms with E-state index in [1.165, 1.54) is 4.90 Å². The van der Waals surface area contributed by atoms with Crippen molar-refractivity contribution in [2.24, 2.45) is 11.8 Å². The molecule has 0 radical (unpaired) electrons. The maximum atomic E-state index is 13.1. The van der Waals surface area contributed by atoms with Crippen LogP contribution >= 0.6 is 0 Å². The van der Waals surface area contributed by atoms with Crippen molar-refractivity contribution in [3.8, 4) is 0 Å². The molecule has 0 aromatic carbocycles. The number of aromatic nitrogens is 1. The zero-order valence-electron chi connectivity index (χ0n) is 14.4. The molecule has 0 bridgehead atoms. The van der Waals surface area contributed by atoms with Crippen LogP contribution < -0.4 is 5.32 Å². The van der Waals surface area contributed by atoms with Crippen LogP contribution in [0.2, 0.25) is 0 Å². The summed E-state index contributed by atoms with van der Waals surface area (Å²) in [5.41, 5.74) is -0.701. The lowest BCUT2D eigenvalue weighted by atomic mass is 9.85. The zero-order chi connectivity index (χ0) is 16.9. The molecule has 3 fully saturated rings. The molecule has 3 amide bonds. The molecule has 1 aromatic rings. The largest absolute Gasteiger partial charge is 0.443 e. The number of carbonyl (C=O) groups is 2. The van der Waals surface area contributed by atoms with Crippen molar-refractivity contribution in [1.82, 2.24) is 15.2 Å². The minimum absolute atomic E-state index is 0.0955. The number of nitrogens with one attached hydrogen (secondary N) is 1. The Morgan fingerprint density at radius 1 is 1.33 bits per heavy atom. The zero-order valence-corrected chi connectivity index (χ0v) is 14.4. The normalized spacial score (nSPS) is 27.2. The number of hydrogen-bond acceptors (Lipinski definition) is 4. The predicted molar refractivity (Wildman–Crippen MR) is 87.1 cm³/mol. The Labute approximate surface area is 142 Å². The van der Waals surface area contributed by atoms with Gasteiger partial charge in [-0.25, -0.2) is 9.78 Å². The first-order chi connectivity index (χ1) is 11.5. The third kappa shape index (κ3) is 2.72. The van der Waals surface area contributed by atoms with E-state index in [2.05, 4.69) is 24.1 Å². The summed E-state index contributed by atoms with van der Waals surface area (Å²) in [6, 6.07) is -0.304. The van der Waals surface area contributed by atoms with Crippen molar-refractivity contribution >= 4 is 11.9 Å². The average molecular weight is 331 g/mol. The van der Waals surface area contributed by atoms with Gasteiger partial charge in [0.2, 0.25) is 5.89 Å². The number of hydrogen-bond donors (Lipinski definition) is 1. The van der Waals surface area contributed by atoms with Crippen LogP contribution in [0.4, 0.5) is 4.79 Å². The van der Waals surface area contributed by atoms with E-state index in [0.29, 0.717) is 17.7 Å². The summed E-state index contributed by atoms with van der Waals surface area (Å²) >= 11 is 0. The molecule has 6 nitrogen and oxygen atoms in total. The summed E-state index contributed by atoms with van der Waals surface area (Å²) in [5, 5.41) is 3.01. The fraction of sp³-hybridized carbons (Fsp3) is 0.722. The summed E-state index contributed by atoms with van der Waals surface area (Å²) in [5.74, 6) is 2.51. The number of urea groups is 1. The van der Waals surface area contributed by atoms with Gasteiger partial charge in [0, 0.05) is 5.92 Å². The Bertz CT molecular complexity index is 660. The van der Waals surface area contributed by atoms with Crippen molar-refractivity contribution in [1.29, 1.82) is 0 Å². The lowest BCUT2D eigenvalue weighted by molar-refractivity contribution is -0.133. The van der Waals surface area contributed by atoms with E-state index in [9.17, 15) is 9.59 Å². The highest BCUT2D eigenvalue weighted by Gasteiger charge is 2.58. The third-order valence-electron chi connectivity index (χ3n) is 5.44. The molecule has 1 N–H and O–H groups in total. The van der Waals surface area contributed by atoms with Crippen LogP contribution in [0.15, 0.2) is 10.6 Å². The van der Waals surface area contributed by atoms with Crippen LogP contribution in [-0.4, -0.2) is 27.4 Å². The minimum Gasteiger partial charge on any atom is -0.443 e. The van der Waals surface area contributed by atoms with E-state index < -0.39 is 5.54 Å². The van der Waals surface area contributed by atoms with Crippen molar-refractivity contribution in [2.45, 2.75) is 70.4 Å². The Morgan fingerprint density at radius 2 is 2.08 bits per heavy atom. The van der Waals surface area contributed by atoms with Crippen LogP contribution in [0.1, 0.15) is 69.9 Å². The van der Waals surface area contributed by atoms with Crippen LogP contribution in [0.25, 0.3) is 0 Å². The highest BCUT2D eigenvalue weighted by Crippen LogP contribution is 2.46. The second-order valence-corrected chi connectivity index (χ2v) is 7.93. The van der Waals surface area contributed by atoms with Crippen molar-refractivity contribution < 1.29 is 14.0 Å². The number of rotatable bonds is 7. The van der Waals surface area contributed by atoms with E-state index in [-0.39, 0.29) is 24.4 Å². The fourth-order valence-corrected chi connectivity index (χ4v) is 3.62. The SMILES string of the molecule is CC(C)CC[C@@]1(C2CC2)NC(=O)N(Cc2ncc(C3CC3)o2)C1=O. The van der Waals surface area contributed by atoms with Gasteiger partial charge in [-0.1, -0.05) is 13.8 Å². The van der Waals surface area contributed by atoms with E-state index in [0.717, 1.165) is 44.3 Å². The number of nitrogens with zero attached hydrogens (tertiary/aromatic N) is 2. The number of oxazole rings is 1. The number of amides is 3. The van der Waals surface area contributed by atoms with Crippen molar-refractivity contribution in [2.75, 3.05) is 0 Å². The summed E-state index contributed by atoms with van der Waals surface area (Å²) in [6.07, 6.45) is 7.69. The first-order valence-electron chi connectivity index (χ1n) is 9.08. The molecule has 24 heavy (non-hydrogen) atoms. The first kappa shape index (κ1) is 15.7. The molecule has 2 heterocycles. The van der Waals surface area contributed by atoms with E-state index in [1.54, 1.807) is 6.20 Å². The Kier molecular flexibility index (Phi) is 3.66. The second kappa shape index (κ2) is 5.60. The molecular weight excluding hydrogens is 306 g/mol. The van der Waals surface area contributed by atoms with Gasteiger partial charge in [-0.05, 0) is 50.4 Å². The Morgan fingerprint density at radius 3 is 2.71 bits per heavy atom. The number of imide groups is 1. The topological polar surface area (TPSA) is 75.4 Å².